The summed E-state index contributed by atoms with van der Waals surface area (Å²) in [6.07, 6.45) is 51.2. The zero-order valence-electron chi connectivity index (χ0n) is 82.4. The molecule has 6 atom stereocenters. The fourth-order valence-corrected chi connectivity index (χ4v) is 25.0. The zero-order valence-corrected chi connectivity index (χ0v) is 84.8. The summed E-state index contributed by atoms with van der Waals surface area (Å²) in [5.41, 5.74) is 13.3. The van der Waals surface area contributed by atoms with Crippen LogP contribution in [0.5, 0.6) is 0 Å². The smallest absolute Gasteiger partial charge is 0.310 e. The maximum Gasteiger partial charge on any atom is 0.310 e. The minimum Gasteiger partial charge on any atom is -0.481 e. The van der Waals surface area contributed by atoms with E-state index in [1.807, 2.05) is 147 Å². The molecule has 18 rings (SSSR count). The zero-order chi connectivity index (χ0) is 98.3. The van der Waals surface area contributed by atoms with E-state index in [1.54, 1.807) is 15.9 Å². The highest BCUT2D eigenvalue weighted by Crippen LogP contribution is 2.48. The molecule has 0 bridgehead atoms. The largest absolute Gasteiger partial charge is 0.481 e. The van der Waals surface area contributed by atoms with Crippen molar-refractivity contribution in [2.75, 3.05) is 39.3 Å². The first-order chi connectivity index (χ1) is 67.7. The number of carbonyl (C=O) groups is 9. The van der Waals surface area contributed by atoms with Crippen LogP contribution in [0.3, 0.4) is 0 Å². The van der Waals surface area contributed by atoms with E-state index in [9.17, 15) is 58.5 Å². The molecule has 3 unspecified atom stereocenters. The summed E-state index contributed by atoms with van der Waals surface area (Å²) in [5, 5.41) is 30.8. The van der Waals surface area contributed by atoms with E-state index in [0.29, 0.717) is 56.8 Å². The molecule has 25 heteroatoms. The van der Waals surface area contributed by atoms with E-state index >= 15 is 0 Å². The molecular formula is C115H138N10O12S3. The Bertz CT molecular complexity index is 5900. The Hall–Kier alpha value is -11.2. The van der Waals surface area contributed by atoms with Crippen molar-refractivity contribution in [1.29, 1.82) is 0 Å². The normalized spacial score (nSPS) is 21.8. The average Bonchev–Trinajstić information content (AvgIpc) is 1.13. The second-order valence-corrected chi connectivity index (χ2v) is 45.5. The summed E-state index contributed by atoms with van der Waals surface area (Å²) in [4.78, 5) is 152. The van der Waals surface area contributed by atoms with Crippen molar-refractivity contribution < 1.29 is 58.5 Å². The fourth-order valence-electron chi connectivity index (χ4n) is 22.3. The SMILES string of the molecule is CCc1ccc(C(=O)C[C@@H](Cc2ccc(-c3ncc(C4=CCC(C5CCC(C)(C)CC5)CC4)cn3)cc2)C(=O)N2CC(C(=O)O)C2)s1.CCc1ccc(C(=O)C[C@@H](Cc2ccc(-c3ncc(C4=CCC(C5CCC(C)CC5)CC4)cn3)cc2)C(=O)N2CC(C(=O)O)C2)s1.CCc1ccc(C(=O)N[C@@H](Cc2ccc(-c3ncc(C4=CCC(C5CCC(CC)CC5)CC4)cn3)cc2)C(=O)N2CC(C(=O)O)C2)s1. The molecule has 6 aromatic heterocycles. The van der Waals surface area contributed by atoms with Gasteiger partial charge in [0.1, 0.15) is 6.04 Å². The van der Waals surface area contributed by atoms with Crippen molar-refractivity contribution in [2.24, 2.45) is 82.3 Å². The number of thiophene rings is 3. The topological polar surface area (TPSA) is 313 Å². The third-order valence-corrected chi connectivity index (χ3v) is 35.7. The highest BCUT2D eigenvalue weighted by atomic mass is 32.1. The van der Waals surface area contributed by atoms with Crippen LogP contribution in [0.2, 0.25) is 0 Å². The highest BCUT2D eigenvalue weighted by Gasteiger charge is 2.44. The first-order valence-electron chi connectivity index (χ1n) is 51.7. The predicted molar refractivity (Wildman–Crippen MR) is 552 cm³/mol. The number of likely N-dealkylation sites (tertiary alicyclic amines) is 3. The summed E-state index contributed by atoms with van der Waals surface area (Å²) < 4.78 is 0. The summed E-state index contributed by atoms with van der Waals surface area (Å²) >= 11 is 4.38. The Morgan fingerprint density at radius 1 is 0.379 bits per heavy atom. The molecule has 4 amide bonds. The lowest BCUT2D eigenvalue weighted by Crippen LogP contribution is -2.59. The van der Waals surface area contributed by atoms with Crippen LogP contribution in [0.25, 0.3) is 50.9 Å². The van der Waals surface area contributed by atoms with E-state index in [4.69, 9.17) is 29.9 Å². The number of carbonyl (C=O) groups excluding carboxylic acids is 6. The number of ketones is 2. The Kier molecular flexibility index (Phi) is 34.3. The van der Waals surface area contributed by atoms with Gasteiger partial charge in [-0.3, -0.25) is 43.2 Å². The molecule has 9 aromatic rings. The predicted octanol–water partition coefficient (Wildman–Crippen LogP) is 22.9. The molecule has 9 heterocycles. The van der Waals surface area contributed by atoms with Crippen LogP contribution in [0, 0.1) is 82.3 Å². The number of carboxylic acids is 3. The van der Waals surface area contributed by atoms with Crippen LogP contribution in [-0.2, 0) is 67.3 Å². The number of aliphatic carboxylic acids is 3. The van der Waals surface area contributed by atoms with Gasteiger partial charge in [-0.15, -0.1) is 34.0 Å². The second kappa shape index (κ2) is 47.2. The molecule has 3 aliphatic heterocycles. The van der Waals surface area contributed by atoms with Crippen molar-refractivity contribution in [2.45, 2.75) is 247 Å². The quantitative estimate of drug-likeness (QED) is 0.0278. The monoisotopic (exact) mass is 1950 g/mol. The number of nitrogens with zero attached hydrogens (tertiary/aromatic N) is 9. The summed E-state index contributed by atoms with van der Waals surface area (Å²) in [6.45, 7) is 16.8. The van der Waals surface area contributed by atoms with Gasteiger partial charge in [-0.25, -0.2) is 29.9 Å². The minimum absolute atomic E-state index is 0.0457. The number of amides is 4. The van der Waals surface area contributed by atoms with Gasteiger partial charge in [0, 0.05) is 156 Å². The number of rotatable bonds is 33. The third-order valence-electron chi connectivity index (χ3n) is 32.0. The third kappa shape index (κ3) is 26.0. The lowest BCUT2D eigenvalue weighted by molar-refractivity contribution is -0.156. The average molecular weight is 1950 g/mol. The van der Waals surface area contributed by atoms with Gasteiger partial charge < -0.3 is 35.3 Å². The maximum atomic E-state index is 13.5. The first-order valence-corrected chi connectivity index (χ1v) is 54.1. The van der Waals surface area contributed by atoms with Gasteiger partial charge >= 0.3 is 17.9 Å². The van der Waals surface area contributed by atoms with Crippen molar-refractivity contribution in [3.8, 4) is 34.2 Å². The van der Waals surface area contributed by atoms with Crippen molar-refractivity contribution in [1.82, 2.24) is 49.9 Å². The van der Waals surface area contributed by atoms with Gasteiger partial charge in [0.15, 0.2) is 29.0 Å². The summed E-state index contributed by atoms with van der Waals surface area (Å²) in [5.74, 6) is 2.49. The molecule has 140 heavy (non-hydrogen) atoms. The van der Waals surface area contributed by atoms with E-state index in [-0.39, 0.29) is 87.3 Å². The molecule has 3 aromatic carbocycles. The standard InChI is InChI=1S/C39H47N3O4S.C38H46N4O4S.C38H45N3O4S/c1-4-33-13-14-35(47-33)34(43)20-30(37(44)42-23-32(24-42)38(45)46)19-25-5-7-29(8-6-25)36-40-21-31(22-41-36)27-11-9-26(10-12-27)28-15-17-39(2,3)18-16-28;1-3-24-5-9-26(10-6-24)27-13-15-28(16-14-27)30-20-39-35(40-21-30)29-11-7-25(8-12-29)19-33(37(44)42-22-31(23-42)38(45)46)41-36(43)34-18-17-32(4-2)47-34;1-3-33-16-17-35(46-33)34(42)19-30(37(43)41-22-32(23-41)38(44)45)18-25-6-10-29(11-7-25)36-39-20-31(21-40-36)28-14-12-27(13-15-28)26-8-4-24(2)5-9-26/h5-8,11,13-14,21-22,26,28,30,32H,4,9-10,12,15-20,23-24H2,1-3H3,(H,45,46);7-8,11-12,15,17-18,20-21,24,26-27,31,33H,3-6,9-10,13-14,16,19,22-23H2,1-2H3,(H,41,43)(H,45,46);6-7,10-11,14,16-17,20-21,24,26-27,30,32H,3-5,8-9,12-13,15,18-19,22-23H2,1-2H3,(H,44,45)/t26?,30-;24?,26?,27?,33-;24?,26?,27?,30-/m101/s1. The van der Waals surface area contributed by atoms with Crippen LogP contribution < -0.4 is 5.32 Å². The number of hydrogen-bond acceptors (Lipinski definition) is 18. The molecule has 4 N–H and O–H groups in total. The lowest BCUT2D eigenvalue weighted by atomic mass is 9.67. The Balaban J connectivity index is 0.000000151. The molecule has 3 saturated carbocycles. The molecule has 738 valence electrons. The van der Waals surface area contributed by atoms with Crippen molar-refractivity contribution >= 4 is 104 Å². The second-order valence-electron chi connectivity index (χ2n) is 42.0. The van der Waals surface area contributed by atoms with Crippen LogP contribution in [0.4, 0.5) is 0 Å². The number of allylic oxidation sites excluding steroid dienone is 6. The molecule has 9 aliphatic rings. The molecule has 6 fully saturated rings. The van der Waals surface area contributed by atoms with Gasteiger partial charge in [0.25, 0.3) is 5.91 Å². The summed E-state index contributed by atoms with van der Waals surface area (Å²) in [6, 6.07) is 34.1. The van der Waals surface area contributed by atoms with E-state index in [0.717, 1.165) is 170 Å². The van der Waals surface area contributed by atoms with E-state index in [2.05, 4.69) is 65.1 Å². The van der Waals surface area contributed by atoms with Crippen LogP contribution in [-0.4, -0.2) is 158 Å². The number of Topliss-reactive ketones (excluding diaryl/α,β-unsaturated/α-hetero) is 2. The molecular weight excluding hydrogens is 1810 g/mol. The van der Waals surface area contributed by atoms with Gasteiger partial charge in [0.05, 0.1) is 32.4 Å². The van der Waals surface area contributed by atoms with E-state index < -0.39 is 53.5 Å². The summed E-state index contributed by atoms with van der Waals surface area (Å²) in [7, 11) is 0. The number of benzene rings is 3. The number of nitrogens with one attached hydrogen (secondary N) is 1. The number of carboxylic acid groups (broad SMARTS) is 3. The molecule has 0 radical (unpaired) electrons. The molecule has 22 nitrogen and oxygen atoms in total. The van der Waals surface area contributed by atoms with Gasteiger partial charge in [-0.05, 0) is 264 Å². The Morgan fingerprint density at radius 3 is 1.02 bits per heavy atom. The lowest BCUT2D eigenvalue weighted by Gasteiger charge is -2.39. The Labute approximate surface area is 836 Å². The number of hydrogen-bond donors (Lipinski definition) is 4. The molecule has 3 saturated heterocycles. The maximum absolute atomic E-state index is 13.5. The fraction of sp³-hybridized carbons (Fsp3) is 0.504. The van der Waals surface area contributed by atoms with Crippen molar-refractivity contribution in [3.05, 3.63) is 227 Å². The number of aryl methyl sites for hydroxylation is 3. The molecule has 0 spiro atoms. The van der Waals surface area contributed by atoms with Crippen LogP contribution >= 0.6 is 34.0 Å². The van der Waals surface area contributed by atoms with E-state index in [1.165, 1.54) is 158 Å². The first kappa shape index (κ1) is 102. The minimum atomic E-state index is -0.907. The van der Waals surface area contributed by atoms with Gasteiger partial charge in [0.2, 0.25) is 17.7 Å². The molecule has 6 aliphatic carbocycles. The van der Waals surface area contributed by atoms with Crippen LogP contribution in [0.15, 0.2) is 165 Å². The van der Waals surface area contributed by atoms with Gasteiger partial charge in [-0.1, -0.05) is 172 Å². The Morgan fingerprint density at radius 2 is 0.700 bits per heavy atom. The highest BCUT2D eigenvalue weighted by molar-refractivity contribution is 7.14. The van der Waals surface area contributed by atoms with Crippen molar-refractivity contribution in [3.63, 3.8) is 0 Å². The van der Waals surface area contributed by atoms with Crippen LogP contribution in [0.1, 0.15) is 280 Å². The van der Waals surface area contributed by atoms with Gasteiger partial charge in [-0.2, -0.15) is 0 Å². The number of aromatic nitrogens is 6.